The Labute approximate surface area is 141 Å². The highest BCUT2D eigenvalue weighted by Crippen LogP contribution is 2.09. The maximum atomic E-state index is 9.82. The molecular weight excluding hydrogens is 328 g/mol. The molecule has 0 aliphatic carbocycles. The topological polar surface area (TPSA) is 26.3 Å². The van der Waals surface area contributed by atoms with Gasteiger partial charge in [-0.3, -0.25) is 4.79 Å². The number of ether oxygens (including phenoxy) is 1. The molecule has 0 saturated carbocycles. The largest absolute Gasteiger partial charge is 0.468 e. The summed E-state index contributed by atoms with van der Waals surface area (Å²) < 4.78 is 4.61. The molecule has 0 saturated heterocycles. The number of hydrogen-bond donors (Lipinski definition) is 0. The average molecular weight is 365 g/mol. The van der Waals surface area contributed by atoms with Crippen molar-refractivity contribution in [2.24, 2.45) is 0 Å². The van der Waals surface area contributed by atoms with Crippen LogP contribution in [0.3, 0.4) is 0 Å². The number of unbranched alkanes of at least 4 members (excludes halogenated alkanes) is 11. The van der Waals surface area contributed by atoms with Gasteiger partial charge in [0.05, 0.1) is 6.61 Å². The Morgan fingerprint density at radius 3 is 1.57 bits per heavy atom. The van der Waals surface area contributed by atoms with Gasteiger partial charge in [-0.05, 0) is 12.8 Å². The van der Waals surface area contributed by atoms with Crippen molar-refractivity contribution in [2.75, 3.05) is 11.9 Å². The fourth-order valence-electron chi connectivity index (χ4n) is 2.07. The summed E-state index contributed by atoms with van der Waals surface area (Å²) in [7, 11) is 0. The van der Waals surface area contributed by atoms with Gasteiger partial charge in [-0.25, -0.2) is 0 Å². The van der Waals surface area contributed by atoms with Crippen LogP contribution in [0.2, 0.25) is 0 Å². The lowest BCUT2D eigenvalue weighted by atomic mass is 10.1. The van der Waals surface area contributed by atoms with Crippen LogP contribution < -0.4 is 0 Å². The van der Waals surface area contributed by atoms with E-state index >= 15 is 0 Å². The highest BCUT2D eigenvalue weighted by Gasteiger charge is 1.91. The van der Waals surface area contributed by atoms with Crippen molar-refractivity contribution < 1.29 is 9.53 Å². The molecule has 128 valence electrons. The predicted molar refractivity (Wildman–Crippen MR) is 97.2 cm³/mol. The van der Waals surface area contributed by atoms with Gasteiger partial charge in [-0.1, -0.05) is 100 Å². The van der Waals surface area contributed by atoms with Crippen molar-refractivity contribution in [2.45, 2.75) is 97.3 Å². The van der Waals surface area contributed by atoms with Crippen molar-refractivity contribution in [3.8, 4) is 0 Å². The number of rotatable bonds is 15. The van der Waals surface area contributed by atoms with E-state index in [9.17, 15) is 4.79 Å². The molecule has 2 nitrogen and oxygen atoms in total. The molecule has 3 heteroatoms. The van der Waals surface area contributed by atoms with Crippen LogP contribution in [-0.4, -0.2) is 18.4 Å². The molecule has 0 aliphatic heterocycles. The van der Waals surface area contributed by atoms with E-state index < -0.39 is 0 Å². The van der Waals surface area contributed by atoms with Crippen LogP contribution in [0.25, 0.3) is 0 Å². The van der Waals surface area contributed by atoms with E-state index in [4.69, 9.17) is 0 Å². The zero-order valence-electron chi connectivity index (χ0n) is 14.4. The van der Waals surface area contributed by atoms with Crippen LogP contribution in [0, 0.1) is 0 Å². The third kappa shape index (κ3) is 28.8. The molecular formula is C18H37BrO2. The van der Waals surface area contributed by atoms with E-state index in [1.807, 2.05) is 0 Å². The summed E-state index contributed by atoms with van der Waals surface area (Å²) in [5, 5.41) is 1.17. The second kappa shape index (κ2) is 24.9. The first-order valence-electron chi connectivity index (χ1n) is 8.94. The van der Waals surface area contributed by atoms with Gasteiger partial charge in [-0.2, -0.15) is 0 Å². The van der Waals surface area contributed by atoms with Crippen molar-refractivity contribution in [3.05, 3.63) is 0 Å². The second-order valence-electron chi connectivity index (χ2n) is 5.55. The van der Waals surface area contributed by atoms with E-state index in [0.717, 1.165) is 6.42 Å². The van der Waals surface area contributed by atoms with Gasteiger partial charge in [0.25, 0.3) is 6.47 Å². The van der Waals surface area contributed by atoms with Crippen LogP contribution in [0.15, 0.2) is 0 Å². The van der Waals surface area contributed by atoms with Gasteiger partial charge >= 0.3 is 0 Å². The molecule has 0 radical (unpaired) electrons. The standard InChI is InChI=1S/C12H24O2.C6H13Br/c1-2-3-4-5-6-7-8-9-10-11-14-12-13;1-2-3-4-5-6-7/h12H,2-11H2,1H3;2-6H2,1H3. The summed E-state index contributed by atoms with van der Waals surface area (Å²) in [6.45, 7) is 5.60. The fraction of sp³-hybridized carbons (Fsp3) is 0.944. The molecule has 21 heavy (non-hydrogen) atoms. The Morgan fingerprint density at radius 2 is 1.14 bits per heavy atom. The first-order valence-corrected chi connectivity index (χ1v) is 10.1. The summed E-state index contributed by atoms with van der Waals surface area (Å²) in [5.41, 5.74) is 0. The maximum absolute atomic E-state index is 9.82. The van der Waals surface area contributed by atoms with Crippen molar-refractivity contribution in [1.29, 1.82) is 0 Å². The molecule has 0 aromatic rings. The Morgan fingerprint density at radius 1 is 0.714 bits per heavy atom. The minimum Gasteiger partial charge on any atom is -0.468 e. The second-order valence-corrected chi connectivity index (χ2v) is 6.34. The van der Waals surface area contributed by atoms with Gasteiger partial charge in [0.2, 0.25) is 0 Å². The summed E-state index contributed by atoms with van der Waals surface area (Å²) in [6, 6.07) is 0. The van der Waals surface area contributed by atoms with E-state index in [-0.39, 0.29) is 0 Å². The Balaban J connectivity index is 0. The number of hydrogen-bond acceptors (Lipinski definition) is 2. The molecule has 0 atom stereocenters. The first kappa shape index (κ1) is 23.2. The molecule has 0 bridgehead atoms. The van der Waals surface area contributed by atoms with Gasteiger partial charge in [0.15, 0.2) is 0 Å². The maximum Gasteiger partial charge on any atom is 0.293 e. The molecule has 0 aliphatic rings. The summed E-state index contributed by atoms with van der Waals surface area (Å²) in [5.74, 6) is 0. The highest BCUT2D eigenvalue weighted by molar-refractivity contribution is 9.09. The number of halogens is 1. The van der Waals surface area contributed by atoms with Crippen molar-refractivity contribution in [3.63, 3.8) is 0 Å². The number of alkyl halides is 1. The third-order valence-electron chi connectivity index (χ3n) is 3.42. The smallest absolute Gasteiger partial charge is 0.293 e. The monoisotopic (exact) mass is 364 g/mol. The van der Waals surface area contributed by atoms with E-state index in [0.29, 0.717) is 13.1 Å². The van der Waals surface area contributed by atoms with Gasteiger partial charge in [0, 0.05) is 5.33 Å². The lowest BCUT2D eigenvalue weighted by molar-refractivity contribution is -0.128. The fourth-order valence-corrected chi connectivity index (χ4v) is 2.46. The number of carbonyl (C=O) groups is 1. The van der Waals surface area contributed by atoms with Crippen LogP contribution >= 0.6 is 15.9 Å². The summed E-state index contributed by atoms with van der Waals surface area (Å²) in [4.78, 5) is 9.82. The van der Waals surface area contributed by atoms with Crippen LogP contribution in [0.1, 0.15) is 97.3 Å². The van der Waals surface area contributed by atoms with Gasteiger partial charge in [-0.15, -0.1) is 0 Å². The van der Waals surface area contributed by atoms with Gasteiger partial charge < -0.3 is 4.74 Å². The normalized spacial score (nSPS) is 9.86. The van der Waals surface area contributed by atoms with E-state index in [1.165, 1.54) is 82.4 Å². The van der Waals surface area contributed by atoms with Crippen LogP contribution in [0.4, 0.5) is 0 Å². The van der Waals surface area contributed by atoms with Crippen molar-refractivity contribution >= 4 is 22.4 Å². The minimum absolute atomic E-state index is 0.532. The summed E-state index contributed by atoms with van der Waals surface area (Å²) >= 11 is 3.38. The lowest BCUT2D eigenvalue weighted by Crippen LogP contribution is -1.91. The molecule has 0 aromatic heterocycles. The molecule has 0 rings (SSSR count). The Kier molecular flexibility index (Phi) is 27.6. The Bertz CT molecular complexity index is 171. The molecule has 0 heterocycles. The lowest BCUT2D eigenvalue weighted by Gasteiger charge is -2.01. The molecule has 0 fully saturated rings. The van der Waals surface area contributed by atoms with Gasteiger partial charge in [0.1, 0.15) is 0 Å². The van der Waals surface area contributed by atoms with Crippen molar-refractivity contribution in [1.82, 2.24) is 0 Å². The number of carbonyl (C=O) groups excluding carboxylic acids is 1. The van der Waals surface area contributed by atoms with Crippen LogP contribution in [-0.2, 0) is 9.53 Å². The van der Waals surface area contributed by atoms with Crippen LogP contribution in [0.5, 0.6) is 0 Å². The first-order chi connectivity index (χ1) is 10.3. The van der Waals surface area contributed by atoms with E-state index in [2.05, 4.69) is 34.5 Å². The third-order valence-corrected chi connectivity index (χ3v) is 3.98. The highest BCUT2D eigenvalue weighted by atomic mass is 79.9. The minimum atomic E-state index is 0.532. The zero-order chi connectivity index (χ0) is 16.0. The Hall–Kier alpha value is -0.0500. The molecule has 0 amide bonds. The molecule has 0 N–H and O–H groups in total. The zero-order valence-corrected chi connectivity index (χ0v) is 16.0. The molecule has 0 aromatic carbocycles. The summed E-state index contributed by atoms with van der Waals surface area (Å²) in [6.07, 6.45) is 17.2. The quantitative estimate of drug-likeness (QED) is 0.184. The van der Waals surface area contributed by atoms with E-state index in [1.54, 1.807) is 0 Å². The molecule has 0 spiro atoms. The average Bonchev–Trinajstić information content (AvgIpc) is 2.50. The molecule has 0 unspecified atom stereocenters. The SMILES string of the molecule is CCCCCCBr.CCCCCCCCCCCOC=O. The predicted octanol–water partition coefficient (Wildman–Crippen LogP) is 6.65.